The van der Waals surface area contributed by atoms with Crippen LogP contribution in [0.25, 0.3) is 0 Å². The fourth-order valence-electron chi connectivity index (χ4n) is 1.97. The van der Waals surface area contributed by atoms with Crippen molar-refractivity contribution in [3.8, 4) is 5.75 Å². The summed E-state index contributed by atoms with van der Waals surface area (Å²) in [6, 6.07) is 7.94. The monoisotopic (exact) mass is 243 g/mol. The highest BCUT2D eigenvalue weighted by Crippen LogP contribution is 2.21. The van der Waals surface area contributed by atoms with Crippen LogP contribution >= 0.6 is 0 Å². The zero-order chi connectivity index (χ0) is 13.1. The molecule has 0 amide bonds. The number of methoxy groups -OCH3 is 1. The topological polar surface area (TPSA) is 31.2 Å². The van der Waals surface area contributed by atoms with E-state index in [1.54, 1.807) is 14.0 Å². The molecule has 0 saturated heterocycles. The second kappa shape index (κ2) is 5.08. The summed E-state index contributed by atoms with van der Waals surface area (Å²) >= 11 is 0. The number of benzene rings is 1. The zero-order valence-electron chi connectivity index (χ0n) is 10.9. The van der Waals surface area contributed by atoms with Crippen LogP contribution in [0.5, 0.6) is 5.75 Å². The van der Waals surface area contributed by atoms with E-state index in [-0.39, 0.29) is 5.78 Å². The molecule has 0 unspecified atom stereocenters. The van der Waals surface area contributed by atoms with Crippen LogP contribution in [0, 0.1) is 6.92 Å². The zero-order valence-corrected chi connectivity index (χ0v) is 10.9. The number of hydrogen-bond donors (Lipinski definition) is 0. The number of nitrogens with zero attached hydrogens (tertiary/aromatic N) is 1. The quantitative estimate of drug-likeness (QED) is 0.773. The summed E-state index contributed by atoms with van der Waals surface area (Å²) in [6.45, 7) is 4.34. The largest absolute Gasteiger partial charge is 0.496 e. The molecule has 0 spiro atoms. The lowest BCUT2D eigenvalue weighted by atomic mass is 10.1. The number of ether oxygens (including phenoxy) is 1. The van der Waals surface area contributed by atoms with Crippen LogP contribution in [-0.4, -0.2) is 17.5 Å². The fourth-order valence-corrected chi connectivity index (χ4v) is 1.97. The van der Waals surface area contributed by atoms with Crippen molar-refractivity contribution in [2.24, 2.45) is 0 Å². The van der Waals surface area contributed by atoms with Gasteiger partial charge in [-0.15, -0.1) is 0 Å². The van der Waals surface area contributed by atoms with E-state index in [1.807, 2.05) is 35.2 Å². The SMILES string of the molecule is COc1ccc(C)cc1Cn1ccc(C(C)=O)c1. The first kappa shape index (κ1) is 12.4. The number of rotatable bonds is 4. The van der Waals surface area contributed by atoms with Crippen molar-refractivity contribution in [3.05, 3.63) is 53.3 Å². The normalized spacial score (nSPS) is 10.4. The third kappa shape index (κ3) is 2.62. The standard InChI is InChI=1S/C15H17NO2/c1-11-4-5-15(18-3)14(8-11)10-16-7-6-13(9-16)12(2)17/h4-9H,10H2,1-3H3. The molecule has 0 radical (unpaired) electrons. The fraction of sp³-hybridized carbons (Fsp3) is 0.267. The summed E-state index contributed by atoms with van der Waals surface area (Å²) in [7, 11) is 1.67. The molecule has 0 atom stereocenters. The van der Waals surface area contributed by atoms with Gasteiger partial charge in [0.2, 0.25) is 0 Å². The molecule has 2 rings (SSSR count). The van der Waals surface area contributed by atoms with Crippen LogP contribution < -0.4 is 4.74 Å². The van der Waals surface area contributed by atoms with Crippen LogP contribution in [0.3, 0.4) is 0 Å². The molecule has 94 valence electrons. The Bertz CT molecular complexity index is 570. The molecule has 1 heterocycles. The Kier molecular flexibility index (Phi) is 3.51. The van der Waals surface area contributed by atoms with E-state index in [4.69, 9.17) is 4.74 Å². The molecule has 2 aromatic rings. The van der Waals surface area contributed by atoms with Gasteiger partial charge in [0.1, 0.15) is 5.75 Å². The number of aromatic nitrogens is 1. The second-order valence-electron chi connectivity index (χ2n) is 4.44. The van der Waals surface area contributed by atoms with Crippen LogP contribution in [-0.2, 0) is 6.54 Å². The molecule has 3 nitrogen and oxygen atoms in total. The smallest absolute Gasteiger partial charge is 0.161 e. The first-order valence-electron chi connectivity index (χ1n) is 5.90. The molecule has 0 fully saturated rings. The highest BCUT2D eigenvalue weighted by molar-refractivity contribution is 5.93. The Balaban J connectivity index is 2.27. The Morgan fingerprint density at radius 2 is 2.11 bits per heavy atom. The van der Waals surface area contributed by atoms with Crippen LogP contribution in [0.2, 0.25) is 0 Å². The van der Waals surface area contributed by atoms with E-state index >= 15 is 0 Å². The van der Waals surface area contributed by atoms with Gasteiger partial charge in [0.25, 0.3) is 0 Å². The van der Waals surface area contributed by atoms with E-state index in [9.17, 15) is 4.79 Å². The molecular formula is C15H17NO2. The second-order valence-corrected chi connectivity index (χ2v) is 4.44. The molecule has 0 saturated carbocycles. The van der Waals surface area contributed by atoms with Gasteiger partial charge in [-0.3, -0.25) is 4.79 Å². The van der Waals surface area contributed by atoms with Crippen LogP contribution in [0.1, 0.15) is 28.4 Å². The third-order valence-corrected chi connectivity index (χ3v) is 2.95. The maximum atomic E-state index is 11.3. The van der Waals surface area contributed by atoms with Crippen molar-refractivity contribution in [1.82, 2.24) is 4.57 Å². The van der Waals surface area contributed by atoms with Gasteiger partial charge in [0.15, 0.2) is 5.78 Å². The molecule has 0 aliphatic carbocycles. The summed E-state index contributed by atoms with van der Waals surface area (Å²) in [5.41, 5.74) is 3.05. The highest BCUT2D eigenvalue weighted by Gasteiger charge is 2.06. The summed E-state index contributed by atoms with van der Waals surface area (Å²) in [4.78, 5) is 11.3. The number of carbonyl (C=O) groups excluding carboxylic acids is 1. The number of carbonyl (C=O) groups is 1. The first-order chi connectivity index (χ1) is 8.60. The molecule has 0 N–H and O–H groups in total. The summed E-state index contributed by atoms with van der Waals surface area (Å²) in [5, 5.41) is 0. The minimum absolute atomic E-state index is 0.0879. The van der Waals surface area contributed by atoms with E-state index in [1.165, 1.54) is 5.56 Å². The summed E-state index contributed by atoms with van der Waals surface area (Å²) in [5.74, 6) is 0.962. The molecule has 0 aliphatic rings. The number of ketones is 1. The molecule has 0 bridgehead atoms. The molecule has 18 heavy (non-hydrogen) atoms. The lowest BCUT2D eigenvalue weighted by Crippen LogP contribution is -2.00. The van der Waals surface area contributed by atoms with Gasteiger partial charge in [-0.2, -0.15) is 0 Å². The van der Waals surface area contributed by atoms with Gasteiger partial charge < -0.3 is 9.30 Å². The van der Waals surface area contributed by atoms with Crippen molar-refractivity contribution in [2.75, 3.05) is 7.11 Å². The van der Waals surface area contributed by atoms with E-state index in [0.29, 0.717) is 6.54 Å². The Labute approximate surface area is 107 Å². The number of Topliss-reactive ketones (excluding diaryl/α,β-unsaturated/α-hetero) is 1. The van der Waals surface area contributed by atoms with Gasteiger partial charge in [-0.05, 0) is 26.0 Å². The van der Waals surface area contributed by atoms with Gasteiger partial charge in [0.05, 0.1) is 13.7 Å². The third-order valence-electron chi connectivity index (χ3n) is 2.95. The van der Waals surface area contributed by atoms with Crippen molar-refractivity contribution in [2.45, 2.75) is 20.4 Å². The number of hydrogen-bond acceptors (Lipinski definition) is 2. The minimum atomic E-state index is 0.0879. The van der Waals surface area contributed by atoms with Crippen LogP contribution in [0.4, 0.5) is 0 Å². The Hall–Kier alpha value is -2.03. The molecule has 1 aromatic carbocycles. The van der Waals surface area contributed by atoms with Gasteiger partial charge in [0, 0.05) is 23.5 Å². The lowest BCUT2D eigenvalue weighted by Gasteiger charge is -2.10. The Morgan fingerprint density at radius 1 is 1.33 bits per heavy atom. The Morgan fingerprint density at radius 3 is 2.72 bits per heavy atom. The average Bonchev–Trinajstić information content (AvgIpc) is 2.78. The van der Waals surface area contributed by atoms with Crippen molar-refractivity contribution in [1.29, 1.82) is 0 Å². The summed E-state index contributed by atoms with van der Waals surface area (Å²) in [6.07, 6.45) is 3.78. The van der Waals surface area contributed by atoms with E-state index in [0.717, 1.165) is 16.9 Å². The first-order valence-corrected chi connectivity index (χ1v) is 5.90. The van der Waals surface area contributed by atoms with Gasteiger partial charge >= 0.3 is 0 Å². The predicted octanol–water partition coefficient (Wildman–Crippen LogP) is 3.06. The minimum Gasteiger partial charge on any atom is -0.496 e. The molecular weight excluding hydrogens is 226 g/mol. The molecule has 0 aliphatic heterocycles. The molecule has 3 heteroatoms. The van der Waals surface area contributed by atoms with E-state index < -0.39 is 0 Å². The maximum absolute atomic E-state index is 11.3. The number of aryl methyl sites for hydroxylation is 1. The van der Waals surface area contributed by atoms with Crippen molar-refractivity contribution >= 4 is 5.78 Å². The predicted molar refractivity (Wildman–Crippen MR) is 71.3 cm³/mol. The van der Waals surface area contributed by atoms with Crippen LogP contribution in [0.15, 0.2) is 36.7 Å². The van der Waals surface area contributed by atoms with Gasteiger partial charge in [-0.25, -0.2) is 0 Å². The van der Waals surface area contributed by atoms with Gasteiger partial charge in [-0.1, -0.05) is 17.7 Å². The van der Waals surface area contributed by atoms with E-state index in [2.05, 4.69) is 13.0 Å². The lowest BCUT2D eigenvalue weighted by molar-refractivity contribution is 0.101. The highest BCUT2D eigenvalue weighted by atomic mass is 16.5. The summed E-state index contributed by atoms with van der Waals surface area (Å²) < 4.78 is 7.34. The van der Waals surface area contributed by atoms with Crippen molar-refractivity contribution in [3.63, 3.8) is 0 Å². The van der Waals surface area contributed by atoms with Crippen molar-refractivity contribution < 1.29 is 9.53 Å². The maximum Gasteiger partial charge on any atom is 0.161 e. The average molecular weight is 243 g/mol. The molecule has 1 aromatic heterocycles.